The molecule has 0 N–H and O–H groups in total. The average Bonchev–Trinajstić information content (AvgIpc) is 3.06. The maximum absolute atomic E-state index is 12.9. The molecule has 4 rings (SSSR count). The maximum Gasteiger partial charge on any atom is 0.255 e. The van der Waals surface area contributed by atoms with Crippen LogP contribution in [-0.4, -0.2) is 56.5 Å². The largest absolute Gasteiger partial charge is 0.353 e. The van der Waals surface area contributed by atoms with E-state index >= 15 is 0 Å². The highest BCUT2D eigenvalue weighted by atomic mass is 127. The minimum absolute atomic E-state index is 0.0960. The molecule has 7 nitrogen and oxygen atoms in total. The van der Waals surface area contributed by atoms with Crippen LogP contribution in [0.4, 0.5) is 5.82 Å². The summed E-state index contributed by atoms with van der Waals surface area (Å²) in [5.74, 6) is 2.53. The second-order valence-electron chi connectivity index (χ2n) is 7.18. The smallest absolute Gasteiger partial charge is 0.255 e. The van der Waals surface area contributed by atoms with Crippen molar-refractivity contribution in [3.05, 3.63) is 63.0 Å². The van der Waals surface area contributed by atoms with Crippen molar-refractivity contribution in [2.24, 2.45) is 0 Å². The number of aromatic nitrogens is 4. The number of amides is 1. The predicted octanol–water partition coefficient (Wildman–Crippen LogP) is 3.15. The first-order valence-electron chi connectivity index (χ1n) is 9.59. The summed E-state index contributed by atoms with van der Waals surface area (Å²) < 4.78 is 2.98. The first-order chi connectivity index (χ1) is 13.9. The van der Waals surface area contributed by atoms with Gasteiger partial charge in [0.15, 0.2) is 0 Å². The van der Waals surface area contributed by atoms with Gasteiger partial charge in [-0.05, 0) is 55.5 Å². The molecule has 1 amide bonds. The van der Waals surface area contributed by atoms with Gasteiger partial charge in [0.25, 0.3) is 5.91 Å². The van der Waals surface area contributed by atoms with Gasteiger partial charge in [-0.25, -0.2) is 15.0 Å². The third kappa shape index (κ3) is 3.98. The van der Waals surface area contributed by atoms with Crippen LogP contribution in [0.25, 0.3) is 5.82 Å². The zero-order valence-corrected chi connectivity index (χ0v) is 18.9. The van der Waals surface area contributed by atoms with Crippen LogP contribution >= 0.6 is 22.6 Å². The molecule has 0 unspecified atom stereocenters. The summed E-state index contributed by atoms with van der Waals surface area (Å²) in [6.45, 7) is 8.76. The Morgan fingerprint density at radius 2 is 1.69 bits per heavy atom. The van der Waals surface area contributed by atoms with E-state index in [9.17, 15) is 4.79 Å². The van der Waals surface area contributed by atoms with Crippen molar-refractivity contribution in [1.82, 2.24) is 24.4 Å². The van der Waals surface area contributed by atoms with Crippen LogP contribution in [-0.2, 0) is 0 Å². The number of halogens is 1. The summed E-state index contributed by atoms with van der Waals surface area (Å²) in [5, 5.41) is 0. The van der Waals surface area contributed by atoms with Gasteiger partial charge in [-0.3, -0.25) is 9.36 Å². The van der Waals surface area contributed by atoms with E-state index in [4.69, 9.17) is 0 Å². The van der Waals surface area contributed by atoms with E-state index in [0.29, 0.717) is 13.1 Å². The van der Waals surface area contributed by atoms with Crippen molar-refractivity contribution in [2.45, 2.75) is 20.8 Å². The summed E-state index contributed by atoms with van der Waals surface area (Å²) >= 11 is 2.22. The molecule has 150 valence electrons. The van der Waals surface area contributed by atoms with Crippen LogP contribution in [0, 0.1) is 24.3 Å². The topological polar surface area (TPSA) is 67.2 Å². The maximum atomic E-state index is 12.9. The number of rotatable bonds is 3. The number of nitrogens with zero attached hydrogens (tertiary/aromatic N) is 6. The SMILES string of the molecule is Cc1nc(N2CCN(C(=O)c3ccccc3I)CC2)cc(-n2cnc(C)c2C)n1. The second-order valence-corrected chi connectivity index (χ2v) is 8.34. The Balaban J connectivity index is 1.51. The number of hydrogen-bond acceptors (Lipinski definition) is 5. The van der Waals surface area contributed by atoms with Crippen molar-refractivity contribution in [3.63, 3.8) is 0 Å². The molecule has 1 aliphatic rings. The first kappa shape index (κ1) is 19.8. The summed E-state index contributed by atoms with van der Waals surface area (Å²) in [6, 6.07) is 9.73. The Morgan fingerprint density at radius 3 is 2.34 bits per heavy atom. The third-order valence-corrected chi connectivity index (χ3v) is 6.25. The number of piperazine rings is 1. The summed E-state index contributed by atoms with van der Waals surface area (Å²) in [5.41, 5.74) is 2.83. The third-order valence-electron chi connectivity index (χ3n) is 5.30. The monoisotopic (exact) mass is 502 g/mol. The van der Waals surface area contributed by atoms with Crippen LogP contribution < -0.4 is 4.90 Å². The average molecular weight is 502 g/mol. The Bertz CT molecular complexity index is 1060. The molecule has 1 aliphatic heterocycles. The Labute approximate surface area is 183 Å². The van der Waals surface area contributed by atoms with Gasteiger partial charge >= 0.3 is 0 Å². The van der Waals surface area contributed by atoms with Crippen LogP contribution in [0.3, 0.4) is 0 Å². The fourth-order valence-electron chi connectivity index (χ4n) is 3.50. The van der Waals surface area contributed by atoms with Crippen molar-refractivity contribution in [1.29, 1.82) is 0 Å². The number of anilines is 1. The molecule has 0 bridgehead atoms. The molecule has 1 fully saturated rings. The minimum Gasteiger partial charge on any atom is -0.353 e. The molecule has 29 heavy (non-hydrogen) atoms. The van der Waals surface area contributed by atoms with E-state index in [2.05, 4.69) is 42.4 Å². The van der Waals surface area contributed by atoms with Crippen molar-refractivity contribution < 1.29 is 4.79 Å². The summed E-state index contributed by atoms with van der Waals surface area (Å²) in [6.07, 6.45) is 1.80. The molecule has 3 aromatic rings. The number of aryl methyl sites for hydroxylation is 2. The van der Waals surface area contributed by atoms with Gasteiger partial charge in [0.1, 0.15) is 23.8 Å². The van der Waals surface area contributed by atoms with Crippen LogP contribution in [0.5, 0.6) is 0 Å². The molecule has 2 aromatic heterocycles. The van der Waals surface area contributed by atoms with Crippen LogP contribution in [0.1, 0.15) is 27.6 Å². The van der Waals surface area contributed by atoms with Crippen LogP contribution in [0.15, 0.2) is 36.7 Å². The lowest BCUT2D eigenvalue weighted by Gasteiger charge is -2.35. The number of benzene rings is 1. The van der Waals surface area contributed by atoms with E-state index in [0.717, 1.165) is 51.1 Å². The molecular weight excluding hydrogens is 479 g/mol. The second kappa shape index (κ2) is 8.10. The van der Waals surface area contributed by atoms with E-state index in [1.54, 1.807) is 6.33 Å². The highest BCUT2D eigenvalue weighted by Crippen LogP contribution is 2.21. The van der Waals surface area contributed by atoms with Gasteiger partial charge in [-0.1, -0.05) is 12.1 Å². The van der Waals surface area contributed by atoms with Crippen molar-refractivity contribution in [2.75, 3.05) is 31.1 Å². The highest BCUT2D eigenvalue weighted by Gasteiger charge is 2.24. The Morgan fingerprint density at radius 1 is 1.00 bits per heavy atom. The molecule has 0 radical (unpaired) electrons. The van der Waals surface area contributed by atoms with Gasteiger partial charge in [0, 0.05) is 41.5 Å². The molecule has 0 aliphatic carbocycles. The van der Waals surface area contributed by atoms with Gasteiger partial charge < -0.3 is 9.80 Å². The van der Waals surface area contributed by atoms with E-state index in [1.165, 1.54) is 0 Å². The summed E-state index contributed by atoms with van der Waals surface area (Å²) in [7, 11) is 0. The molecule has 8 heteroatoms. The standard InChI is InChI=1S/C21H23IN6O/c1-14-15(2)28(13-23-14)20-12-19(24-16(3)25-20)26-8-10-27(11-9-26)21(29)17-6-4-5-7-18(17)22/h4-7,12-13H,8-11H2,1-3H3. The van der Waals surface area contributed by atoms with Gasteiger partial charge in [-0.15, -0.1) is 0 Å². The van der Waals surface area contributed by atoms with E-state index in [1.807, 2.05) is 60.6 Å². The lowest BCUT2D eigenvalue weighted by molar-refractivity contribution is 0.0745. The first-order valence-corrected chi connectivity index (χ1v) is 10.7. The van der Waals surface area contributed by atoms with Crippen molar-refractivity contribution in [3.8, 4) is 5.82 Å². The molecule has 1 aromatic carbocycles. The number of carbonyl (C=O) groups is 1. The quantitative estimate of drug-likeness (QED) is 0.515. The fraction of sp³-hybridized carbons (Fsp3) is 0.333. The number of imidazole rings is 1. The number of carbonyl (C=O) groups excluding carboxylic acids is 1. The van der Waals surface area contributed by atoms with Gasteiger partial charge in [0.05, 0.1) is 11.3 Å². The van der Waals surface area contributed by atoms with E-state index < -0.39 is 0 Å². The number of hydrogen-bond donors (Lipinski definition) is 0. The Kier molecular flexibility index (Phi) is 5.53. The molecule has 1 saturated heterocycles. The minimum atomic E-state index is 0.0960. The Hall–Kier alpha value is -2.49. The lowest BCUT2D eigenvalue weighted by atomic mass is 10.2. The van der Waals surface area contributed by atoms with Gasteiger partial charge in [0.2, 0.25) is 0 Å². The fourth-order valence-corrected chi connectivity index (χ4v) is 4.11. The van der Waals surface area contributed by atoms with Gasteiger partial charge in [-0.2, -0.15) is 0 Å². The molecule has 3 heterocycles. The zero-order chi connectivity index (χ0) is 20.5. The predicted molar refractivity (Wildman–Crippen MR) is 121 cm³/mol. The highest BCUT2D eigenvalue weighted by molar-refractivity contribution is 14.1. The van der Waals surface area contributed by atoms with E-state index in [-0.39, 0.29) is 5.91 Å². The van der Waals surface area contributed by atoms with Crippen molar-refractivity contribution >= 4 is 34.3 Å². The lowest BCUT2D eigenvalue weighted by Crippen LogP contribution is -2.49. The zero-order valence-electron chi connectivity index (χ0n) is 16.8. The molecular formula is C21H23IN6O. The molecule has 0 spiro atoms. The summed E-state index contributed by atoms with van der Waals surface area (Å²) in [4.78, 5) is 30.6. The van der Waals surface area contributed by atoms with Crippen LogP contribution in [0.2, 0.25) is 0 Å². The molecule has 0 saturated carbocycles. The molecule has 0 atom stereocenters. The normalized spacial score (nSPS) is 14.3.